The van der Waals surface area contributed by atoms with Crippen LogP contribution in [0.15, 0.2) is 30.5 Å². The molecular formula is C21H21F5N8O. The molecule has 0 radical (unpaired) electrons. The smallest absolute Gasteiger partial charge is 0.408 e. The van der Waals surface area contributed by atoms with Crippen LogP contribution in [0.1, 0.15) is 14.6 Å². The molecule has 186 valence electrons. The lowest BCUT2D eigenvalue weighted by atomic mass is 10.0. The van der Waals surface area contributed by atoms with Crippen LogP contribution < -0.4 is 10.1 Å². The Bertz CT molecular complexity index is 1580. The lowest BCUT2D eigenvalue weighted by Gasteiger charge is -2.36. The van der Waals surface area contributed by atoms with Crippen molar-refractivity contribution in [3.63, 3.8) is 0 Å². The average molecular weight is 502 g/mol. The van der Waals surface area contributed by atoms with Crippen LogP contribution in [0.4, 0.5) is 27.9 Å². The number of aromatic nitrogens is 6. The van der Waals surface area contributed by atoms with Gasteiger partial charge in [-0.1, -0.05) is 11.3 Å². The Kier molecular flexibility index (Phi) is 4.02. The molecule has 4 heterocycles. The van der Waals surface area contributed by atoms with E-state index in [9.17, 15) is 22.0 Å². The Labute approximate surface area is 203 Å². The molecule has 9 nitrogen and oxygen atoms in total. The number of hydrogen-bond acceptors (Lipinski definition) is 7. The number of ether oxygens (including phenoxy) is 1. The summed E-state index contributed by atoms with van der Waals surface area (Å²) in [5.41, 5.74) is 0.851. The van der Waals surface area contributed by atoms with Gasteiger partial charge >= 0.3 is 6.18 Å². The number of nitrogens with zero attached hydrogens (tertiary/aromatic N) is 7. The van der Waals surface area contributed by atoms with Crippen molar-refractivity contribution in [3.8, 4) is 17.0 Å². The molecule has 1 unspecified atom stereocenters. The highest BCUT2D eigenvalue weighted by atomic mass is 19.4. The lowest BCUT2D eigenvalue weighted by Crippen LogP contribution is -2.53. The zero-order chi connectivity index (χ0) is 30.0. The zero-order valence-corrected chi connectivity index (χ0v) is 17.7. The molecular weight excluding hydrogens is 475 g/mol. The molecule has 35 heavy (non-hydrogen) atoms. The molecule has 14 heteroatoms. The summed E-state index contributed by atoms with van der Waals surface area (Å²) >= 11 is 0. The molecule has 1 aliphatic heterocycles. The molecule has 1 atom stereocenters. The third-order valence-electron chi connectivity index (χ3n) is 5.63. The van der Waals surface area contributed by atoms with E-state index < -0.39 is 57.1 Å². The first-order chi connectivity index (χ1) is 18.9. The van der Waals surface area contributed by atoms with E-state index in [2.05, 4.69) is 25.7 Å². The number of alkyl halides is 5. The van der Waals surface area contributed by atoms with Crippen LogP contribution in [0.2, 0.25) is 0 Å². The van der Waals surface area contributed by atoms with E-state index in [0.717, 1.165) is 4.52 Å². The van der Waals surface area contributed by atoms with E-state index in [-0.39, 0.29) is 35.1 Å². The second-order valence-corrected chi connectivity index (χ2v) is 8.10. The van der Waals surface area contributed by atoms with Gasteiger partial charge in [0.05, 0.1) is 29.3 Å². The van der Waals surface area contributed by atoms with Gasteiger partial charge in [-0.15, -0.1) is 10.2 Å². The summed E-state index contributed by atoms with van der Waals surface area (Å²) in [7, 11) is -3.01. The largest absolute Gasteiger partial charge is 0.479 e. The number of rotatable bonds is 5. The van der Waals surface area contributed by atoms with Crippen molar-refractivity contribution in [2.24, 2.45) is 0 Å². The minimum absolute atomic E-state index is 0.00449. The molecule has 0 spiro atoms. The number of anilines is 1. The van der Waals surface area contributed by atoms with Gasteiger partial charge in [-0.25, -0.2) is 18.0 Å². The van der Waals surface area contributed by atoms with Crippen molar-refractivity contribution in [1.82, 2.24) is 34.5 Å². The highest BCUT2D eigenvalue weighted by molar-refractivity contribution is 5.89. The van der Waals surface area contributed by atoms with Crippen LogP contribution >= 0.6 is 0 Å². The van der Waals surface area contributed by atoms with Gasteiger partial charge in [-0.05, 0) is 37.2 Å². The van der Waals surface area contributed by atoms with Gasteiger partial charge in [0.1, 0.15) is 17.6 Å². The van der Waals surface area contributed by atoms with Crippen LogP contribution in [0.3, 0.4) is 0 Å². The van der Waals surface area contributed by atoms with Crippen LogP contribution in [0.5, 0.6) is 5.88 Å². The Balaban J connectivity index is 1.53. The van der Waals surface area contributed by atoms with E-state index in [1.54, 1.807) is 0 Å². The number of fused-ring (bicyclic) bond motifs is 2. The number of methoxy groups -OCH3 is 1. The molecule has 1 fully saturated rings. The molecule has 3 aromatic heterocycles. The van der Waals surface area contributed by atoms with E-state index in [1.807, 2.05) is 0 Å². The van der Waals surface area contributed by atoms with Gasteiger partial charge < -0.3 is 15.0 Å². The summed E-state index contributed by atoms with van der Waals surface area (Å²) in [5, 5.41) is 13.9. The number of benzene rings is 1. The maximum absolute atomic E-state index is 14.9. The molecule has 0 amide bonds. The Hall–Kier alpha value is -3.55. The monoisotopic (exact) mass is 502 g/mol. The quantitative estimate of drug-likeness (QED) is 0.419. The van der Waals surface area contributed by atoms with Crippen molar-refractivity contribution in [2.45, 2.75) is 31.1 Å². The molecule has 1 saturated heterocycles. The fourth-order valence-electron chi connectivity index (χ4n) is 4.05. The summed E-state index contributed by atoms with van der Waals surface area (Å²) in [6, 6.07) is 4.24. The highest BCUT2D eigenvalue weighted by Crippen LogP contribution is 2.34. The van der Waals surface area contributed by atoms with E-state index >= 15 is 0 Å². The van der Waals surface area contributed by atoms with Gasteiger partial charge in [-0.2, -0.15) is 18.2 Å². The highest BCUT2D eigenvalue weighted by Gasteiger charge is 2.44. The topological polar surface area (TPSA) is 85.4 Å². The van der Waals surface area contributed by atoms with Crippen molar-refractivity contribution in [3.05, 3.63) is 30.5 Å². The Morgan fingerprint density at radius 3 is 2.89 bits per heavy atom. The molecule has 0 saturated carbocycles. The summed E-state index contributed by atoms with van der Waals surface area (Å²) in [6.45, 7) is -5.29. The second kappa shape index (κ2) is 8.29. The molecule has 0 aliphatic carbocycles. The predicted molar refractivity (Wildman–Crippen MR) is 117 cm³/mol. The van der Waals surface area contributed by atoms with Crippen LogP contribution in [0, 0.1) is 0 Å². The number of likely N-dealkylation sites (tertiary alicyclic amines) is 1. The minimum atomic E-state index is -4.56. The third kappa shape index (κ3) is 4.45. The number of piperidine rings is 1. The van der Waals surface area contributed by atoms with Crippen LogP contribution in [-0.2, 0) is 6.54 Å². The molecule has 5 rings (SSSR count). The number of nitrogens with one attached hydrogen (secondary N) is 1. The van der Waals surface area contributed by atoms with Crippen LogP contribution in [0.25, 0.3) is 27.7 Å². The van der Waals surface area contributed by atoms with E-state index in [4.69, 9.17) is 13.0 Å². The van der Waals surface area contributed by atoms with Crippen molar-refractivity contribution in [2.75, 3.05) is 32.4 Å². The van der Waals surface area contributed by atoms with Crippen LogP contribution in [-0.4, -0.2) is 79.7 Å². The first-order valence-electron chi connectivity index (χ1n) is 13.3. The molecule has 1 N–H and O–H groups in total. The Morgan fingerprint density at radius 2 is 2.14 bits per heavy atom. The molecule has 0 bridgehead atoms. The molecule has 4 aromatic rings. The first-order valence-corrected chi connectivity index (χ1v) is 10.3. The lowest BCUT2D eigenvalue weighted by molar-refractivity contribution is -0.142. The third-order valence-corrected chi connectivity index (χ3v) is 5.63. The Morgan fingerprint density at radius 1 is 1.29 bits per heavy atom. The van der Waals surface area contributed by atoms with Crippen molar-refractivity contribution >= 4 is 22.5 Å². The maximum atomic E-state index is 14.9. The molecule has 1 aliphatic rings. The average Bonchev–Trinajstić information content (AvgIpc) is 3.41. The van der Waals surface area contributed by atoms with Gasteiger partial charge in [0.2, 0.25) is 11.8 Å². The normalized spacial score (nSPS) is 22.1. The zero-order valence-electron chi connectivity index (χ0n) is 23.7. The summed E-state index contributed by atoms with van der Waals surface area (Å²) in [5.74, 6) is -4.41. The summed E-state index contributed by atoms with van der Waals surface area (Å²) < 4.78 is 120. The predicted octanol–water partition coefficient (Wildman–Crippen LogP) is 3.46. The van der Waals surface area contributed by atoms with Gasteiger partial charge in [0.25, 0.3) is 5.92 Å². The van der Waals surface area contributed by atoms with E-state index in [0.29, 0.717) is 15.1 Å². The SMILES string of the molecule is [2H]C([2H])([2H])Oc1nc(NC2CCN(C([2H])([2H])[2H])CC2(F)F)nn2ccc(-c3ccc4nnn(CC(F)(F)F)c4c3)c12. The number of hydrogen-bond donors (Lipinski definition) is 1. The molecule has 1 aromatic carbocycles. The fraction of sp³-hybridized carbons (Fsp3) is 0.429. The summed E-state index contributed by atoms with van der Waals surface area (Å²) in [4.78, 5) is 4.71. The van der Waals surface area contributed by atoms with Crippen molar-refractivity contribution in [1.29, 1.82) is 0 Å². The van der Waals surface area contributed by atoms with Gasteiger partial charge in [0, 0.05) is 22.4 Å². The second-order valence-electron chi connectivity index (χ2n) is 8.10. The van der Waals surface area contributed by atoms with Crippen molar-refractivity contribution < 1.29 is 34.9 Å². The van der Waals surface area contributed by atoms with Gasteiger partial charge in [-0.3, -0.25) is 0 Å². The maximum Gasteiger partial charge on any atom is 0.408 e. The fourth-order valence-corrected chi connectivity index (χ4v) is 4.05. The number of halogens is 5. The van der Waals surface area contributed by atoms with Gasteiger partial charge in [0.15, 0.2) is 0 Å². The standard InChI is InChI=1S/C21H21F5N8O/c1-32-7-6-16(20(22,23)10-32)27-19-28-18(35-2)17-13(5-8-33(17)30-19)12-3-4-14-15(9-12)34(31-29-14)11-21(24,25)26/h3-5,8-9,16H,6-7,10-11H2,1-2H3,(H,27,30)/i1D3,2D3. The first kappa shape index (κ1) is 17.0. The summed E-state index contributed by atoms with van der Waals surface area (Å²) in [6.07, 6.45) is -3.47. The van der Waals surface area contributed by atoms with E-state index in [1.165, 1.54) is 30.5 Å². The minimum Gasteiger partial charge on any atom is -0.479 e.